The number of imidazole rings is 1. The molecule has 0 aliphatic carbocycles. The molecule has 35 heavy (non-hydrogen) atoms. The van der Waals surface area contributed by atoms with Crippen LogP contribution in [-0.4, -0.2) is 34.7 Å². The van der Waals surface area contributed by atoms with E-state index < -0.39 is 0 Å². The number of aromatic amines is 1. The second-order valence-electron chi connectivity index (χ2n) is 8.55. The molecule has 8 heteroatoms. The van der Waals surface area contributed by atoms with Gasteiger partial charge in [0.05, 0.1) is 13.1 Å². The van der Waals surface area contributed by atoms with E-state index in [0.717, 1.165) is 52.8 Å². The highest BCUT2D eigenvalue weighted by Crippen LogP contribution is 2.26. The summed E-state index contributed by atoms with van der Waals surface area (Å²) < 4.78 is 3.71. The quantitative estimate of drug-likeness (QED) is 0.350. The predicted octanol–water partition coefficient (Wildman–Crippen LogP) is 4.33. The highest BCUT2D eigenvalue weighted by molar-refractivity contribution is 5.69. The molecule has 0 aliphatic rings. The second kappa shape index (κ2) is 10.3. The number of nitrogens with zero attached hydrogens (tertiary/aromatic N) is 6. The maximum atomic E-state index is 13.5. The Bertz CT molecular complexity index is 1440. The van der Waals surface area contributed by atoms with Gasteiger partial charge in [0.25, 0.3) is 0 Å². The summed E-state index contributed by atoms with van der Waals surface area (Å²) in [5.74, 6) is 0.554. The molecule has 0 fully saturated rings. The first-order valence-electron chi connectivity index (χ1n) is 11.8. The van der Waals surface area contributed by atoms with Gasteiger partial charge in [-0.05, 0) is 46.4 Å². The Labute approximate surface area is 203 Å². The monoisotopic (exact) mass is 465 g/mol. The Morgan fingerprint density at radius 3 is 2.49 bits per heavy atom. The lowest BCUT2D eigenvalue weighted by atomic mass is 10.00. The number of benzene rings is 2. The summed E-state index contributed by atoms with van der Waals surface area (Å²) in [6, 6.07) is 20.1. The van der Waals surface area contributed by atoms with Crippen molar-refractivity contribution in [2.45, 2.75) is 39.3 Å². The summed E-state index contributed by atoms with van der Waals surface area (Å²) in [6.45, 7) is 3.19. The van der Waals surface area contributed by atoms with Gasteiger partial charge >= 0.3 is 5.69 Å². The molecule has 0 atom stereocenters. The summed E-state index contributed by atoms with van der Waals surface area (Å²) in [6.07, 6.45) is 8.62. The van der Waals surface area contributed by atoms with Gasteiger partial charge in [-0.2, -0.15) is 5.21 Å². The van der Waals surface area contributed by atoms with Crippen molar-refractivity contribution in [2.24, 2.45) is 0 Å². The van der Waals surface area contributed by atoms with Gasteiger partial charge in [-0.1, -0.05) is 67.9 Å². The van der Waals surface area contributed by atoms with Crippen molar-refractivity contribution in [1.29, 1.82) is 0 Å². The highest BCUT2D eigenvalue weighted by Gasteiger charge is 2.15. The first-order valence-corrected chi connectivity index (χ1v) is 11.8. The lowest BCUT2D eigenvalue weighted by Gasteiger charge is -2.12. The first-order chi connectivity index (χ1) is 17.2. The van der Waals surface area contributed by atoms with Gasteiger partial charge in [0.1, 0.15) is 0 Å². The third kappa shape index (κ3) is 4.96. The smallest absolute Gasteiger partial charge is 0.295 e. The predicted molar refractivity (Wildman–Crippen MR) is 135 cm³/mol. The molecular weight excluding hydrogens is 438 g/mol. The Kier molecular flexibility index (Phi) is 6.61. The minimum atomic E-state index is 0.00205. The van der Waals surface area contributed by atoms with Gasteiger partial charge in [-0.25, -0.2) is 4.79 Å². The van der Waals surface area contributed by atoms with Crippen LogP contribution >= 0.6 is 0 Å². The van der Waals surface area contributed by atoms with Crippen molar-refractivity contribution in [3.63, 3.8) is 0 Å². The maximum absolute atomic E-state index is 13.5. The molecule has 0 bridgehead atoms. The summed E-state index contributed by atoms with van der Waals surface area (Å²) in [5.41, 5.74) is 6.13. The molecule has 0 saturated carbocycles. The second-order valence-corrected chi connectivity index (χ2v) is 8.55. The van der Waals surface area contributed by atoms with Gasteiger partial charge in [0, 0.05) is 29.8 Å². The Hall–Kier alpha value is -4.33. The fraction of sp³-hybridized carbons (Fsp3) is 0.222. The zero-order chi connectivity index (χ0) is 24.0. The Morgan fingerprint density at radius 2 is 1.74 bits per heavy atom. The topological polar surface area (TPSA) is 94.3 Å². The van der Waals surface area contributed by atoms with Gasteiger partial charge < -0.3 is 0 Å². The fourth-order valence-electron chi connectivity index (χ4n) is 4.29. The molecule has 0 spiro atoms. The van der Waals surface area contributed by atoms with Crippen LogP contribution in [0.3, 0.4) is 0 Å². The zero-order valence-electron chi connectivity index (χ0n) is 19.6. The number of aromatic nitrogens is 7. The third-order valence-electron chi connectivity index (χ3n) is 6.14. The average molecular weight is 466 g/mol. The molecule has 0 saturated heterocycles. The van der Waals surface area contributed by atoms with Crippen LogP contribution in [0.4, 0.5) is 0 Å². The SMILES string of the molecule is CCCCc1cn(Cc2ccccc2)c(=O)n1Cc1cnccc1-c1ccc(-c2nn[nH]n2)cc1. The third-order valence-corrected chi connectivity index (χ3v) is 6.14. The minimum absolute atomic E-state index is 0.00205. The van der Waals surface area contributed by atoms with E-state index in [1.165, 1.54) is 0 Å². The number of nitrogens with one attached hydrogen (secondary N) is 1. The van der Waals surface area contributed by atoms with E-state index in [9.17, 15) is 4.79 Å². The van der Waals surface area contributed by atoms with Crippen LogP contribution in [0.5, 0.6) is 0 Å². The molecule has 5 rings (SSSR count). The van der Waals surface area contributed by atoms with Crippen LogP contribution in [0, 0.1) is 0 Å². The maximum Gasteiger partial charge on any atom is 0.328 e. The van der Waals surface area contributed by atoms with Gasteiger partial charge in [-0.3, -0.25) is 14.1 Å². The van der Waals surface area contributed by atoms with E-state index in [0.29, 0.717) is 18.9 Å². The summed E-state index contributed by atoms with van der Waals surface area (Å²) in [4.78, 5) is 17.8. The molecule has 0 unspecified atom stereocenters. The standard InChI is InChI=1S/C27H27N7O/c1-2-3-9-24-19-33(17-20-7-5-4-6-8-20)27(35)34(24)18-23-16-28-15-14-25(23)21-10-12-22(13-11-21)26-29-31-32-30-26/h4-8,10-16,19H,2-3,9,17-18H2,1H3,(H,29,30,31,32). The Balaban J connectivity index is 1.47. The van der Waals surface area contributed by atoms with Crippen molar-refractivity contribution in [3.05, 3.63) is 107 Å². The molecule has 0 radical (unpaired) electrons. The molecule has 176 valence electrons. The van der Waals surface area contributed by atoms with E-state index in [1.54, 1.807) is 6.20 Å². The van der Waals surface area contributed by atoms with Crippen molar-refractivity contribution in [1.82, 2.24) is 34.7 Å². The van der Waals surface area contributed by atoms with Crippen molar-refractivity contribution in [2.75, 3.05) is 0 Å². The number of hydrogen-bond donors (Lipinski definition) is 1. The van der Waals surface area contributed by atoms with Crippen LogP contribution < -0.4 is 5.69 Å². The zero-order valence-corrected chi connectivity index (χ0v) is 19.6. The molecule has 5 aromatic rings. The van der Waals surface area contributed by atoms with Gasteiger partial charge in [0.2, 0.25) is 5.82 Å². The average Bonchev–Trinajstić information content (AvgIpc) is 3.54. The van der Waals surface area contributed by atoms with Crippen LogP contribution in [-0.2, 0) is 19.5 Å². The minimum Gasteiger partial charge on any atom is -0.295 e. The number of aryl methyl sites for hydroxylation is 1. The number of tetrazole rings is 1. The van der Waals surface area contributed by atoms with Gasteiger partial charge in [0.15, 0.2) is 0 Å². The van der Waals surface area contributed by atoms with Crippen LogP contribution in [0.15, 0.2) is 84.0 Å². The normalized spacial score (nSPS) is 11.1. The largest absolute Gasteiger partial charge is 0.328 e. The number of pyridine rings is 1. The van der Waals surface area contributed by atoms with E-state index >= 15 is 0 Å². The van der Waals surface area contributed by atoms with Gasteiger partial charge in [-0.15, -0.1) is 10.2 Å². The van der Waals surface area contributed by atoms with E-state index in [2.05, 4.69) is 32.5 Å². The number of unbranched alkanes of at least 4 members (excludes halogenated alkanes) is 1. The number of H-pyrrole nitrogens is 1. The molecule has 2 aromatic carbocycles. The summed E-state index contributed by atoms with van der Waals surface area (Å²) in [7, 11) is 0. The lowest BCUT2D eigenvalue weighted by molar-refractivity contribution is 0.654. The van der Waals surface area contributed by atoms with E-state index in [4.69, 9.17) is 0 Å². The summed E-state index contributed by atoms with van der Waals surface area (Å²) >= 11 is 0. The molecule has 8 nitrogen and oxygen atoms in total. The molecule has 0 amide bonds. The molecule has 0 aliphatic heterocycles. The van der Waals surface area contributed by atoms with Crippen molar-refractivity contribution < 1.29 is 0 Å². The fourth-order valence-corrected chi connectivity index (χ4v) is 4.29. The summed E-state index contributed by atoms with van der Waals surface area (Å²) in [5, 5.41) is 14.2. The molecule has 3 heterocycles. The van der Waals surface area contributed by atoms with Crippen LogP contribution in [0.2, 0.25) is 0 Å². The van der Waals surface area contributed by atoms with Crippen LogP contribution in [0.25, 0.3) is 22.5 Å². The molecule has 1 N–H and O–H groups in total. The van der Waals surface area contributed by atoms with E-state index in [1.807, 2.05) is 82.2 Å². The molecule has 3 aromatic heterocycles. The van der Waals surface area contributed by atoms with Crippen molar-refractivity contribution >= 4 is 0 Å². The molecular formula is C27H27N7O. The Morgan fingerprint density at radius 1 is 0.943 bits per heavy atom. The first kappa shape index (κ1) is 22.5. The van der Waals surface area contributed by atoms with Crippen LogP contribution in [0.1, 0.15) is 36.6 Å². The number of rotatable bonds is 9. The lowest BCUT2D eigenvalue weighted by Crippen LogP contribution is -2.26. The number of hydrogen-bond acceptors (Lipinski definition) is 5. The van der Waals surface area contributed by atoms with E-state index in [-0.39, 0.29) is 5.69 Å². The highest BCUT2D eigenvalue weighted by atomic mass is 16.1. The van der Waals surface area contributed by atoms with Crippen molar-refractivity contribution in [3.8, 4) is 22.5 Å².